The van der Waals surface area contributed by atoms with Crippen molar-refractivity contribution in [3.8, 4) is 0 Å². The first-order valence-electron chi connectivity index (χ1n) is 7.74. The maximum atomic E-state index is 12.5. The van der Waals surface area contributed by atoms with E-state index in [2.05, 4.69) is 0 Å². The first-order chi connectivity index (χ1) is 10.5. The molecule has 0 spiro atoms. The number of anilines is 1. The summed E-state index contributed by atoms with van der Waals surface area (Å²) >= 11 is 0. The quantitative estimate of drug-likeness (QED) is 0.910. The SMILES string of the molecule is O=C(CS(=O)(=O)C1CCCC1)N1CC(CO)c2ccccc21. The van der Waals surface area contributed by atoms with Gasteiger partial charge in [-0.15, -0.1) is 0 Å². The van der Waals surface area contributed by atoms with Gasteiger partial charge in [0.15, 0.2) is 9.84 Å². The second kappa shape index (κ2) is 6.01. The smallest absolute Gasteiger partial charge is 0.242 e. The van der Waals surface area contributed by atoms with E-state index in [0.29, 0.717) is 19.4 Å². The number of sulfone groups is 1. The second-order valence-corrected chi connectivity index (χ2v) is 8.44. The third-order valence-electron chi connectivity index (χ3n) is 4.73. The number of rotatable bonds is 4. The van der Waals surface area contributed by atoms with E-state index in [9.17, 15) is 18.3 Å². The van der Waals surface area contributed by atoms with Gasteiger partial charge in [-0.25, -0.2) is 8.42 Å². The molecule has 120 valence electrons. The summed E-state index contributed by atoms with van der Waals surface area (Å²) in [5.41, 5.74) is 1.64. The summed E-state index contributed by atoms with van der Waals surface area (Å²) in [4.78, 5) is 14.0. The van der Waals surface area contributed by atoms with Crippen LogP contribution >= 0.6 is 0 Å². The second-order valence-electron chi connectivity index (χ2n) is 6.16. The molecule has 3 rings (SSSR count). The van der Waals surface area contributed by atoms with Crippen LogP contribution < -0.4 is 4.90 Å². The molecule has 1 aliphatic heterocycles. The molecule has 0 saturated heterocycles. The van der Waals surface area contributed by atoms with Crippen molar-refractivity contribution in [2.45, 2.75) is 36.9 Å². The molecule has 1 amide bonds. The van der Waals surface area contributed by atoms with Gasteiger partial charge in [-0.2, -0.15) is 0 Å². The lowest BCUT2D eigenvalue weighted by Crippen LogP contribution is -2.37. The average molecular weight is 323 g/mol. The maximum Gasteiger partial charge on any atom is 0.242 e. The lowest BCUT2D eigenvalue weighted by Gasteiger charge is -2.19. The molecule has 6 heteroatoms. The van der Waals surface area contributed by atoms with Gasteiger partial charge >= 0.3 is 0 Å². The van der Waals surface area contributed by atoms with Crippen LogP contribution in [-0.4, -0.2) is 43.6 Å². The number of carbonyl (C=O) groups excluding carboxylic acids is 1. The minimum atomic E-state index is -3.38. The van der Waals surface area contributed by atoms with Crippen molar-refractivity contribution in [3.63, 3.8) is 0 Å². The maximum absolute atomic E-state index is 12.5. The van der Waals surface area contributed by atoms with Crippen molar-refractivity contribution in [2.24, 2.45) is 0 Å². The summed E-state index contributed by atoms with van der Waals surface area (Å²) < 4.78 is 24.7. The van der Waals surface area contributed by atoms with Crippen LogP contribution in [0.1, 0.15) is 37.2 Å². The number of nitrogens with zero attached hydrogens (tertiary/aromatic N) is 1. The summed E-state index contributed by atoms with van der Waals surface area (Å²) in [7, 11) is -3.38. The standard InChI is InChI=1S/C16H21NO4S/c18-10-12-9-17(15-8-4-3-7-14(12)15)16(19)11-22(20,21)13-5-1-2-6-13/h3-4,7-8,12-13,18H,1-2,5-6,9-11H2. The van der Waals surface area contributed by atoms with Crippen LogP contribution in [0.25, 0.3) is 0 Å². The Morgan fingerprint density at radius 3 is 2.59 bits per heavy atom. The normalized spacial score (nSPS) is 22.0. The summed E-state index contributed by atoms with van der Waals surface area (Å²) in [5.74, 6) is -0.936. The first-order valence-corrected chi connectivity index (χ1v) is 9.46. The van der Waals surface area contributed by atoms with Gasteiger partial charge in [0, 0.05) is 18.2 Å². The Labute approximate surface area is 130 Å². The average Bonchev–Trinajstić information content (AvgIpc) is 3.15. The van der Waals surface area contributed by atoms with Crippen molar-refractivity contribution in [1.29, 1.82) is 0 Å². The number of para-hydroxylation sites is 1. The summed E-state index contributed by atoms with van der Waals surface area (Å²) in [5, 5.41) is 9.10. The van der Waals surface area contributed by atoms with Crippen LogP contribution in [0.3, 0.4) is 0 Å². The van der Waals surface area contributed by atoms with Gasteiger partial charge in [-0.1, -0.05) is 31.0 Å². The van der Waals surface area contributed by atoms with Crippen molar-refractivity contribution in [1.82, 2.24) is 0 Å². The van der Waals surface area contributed by atoms with Crippen molar-refractivity contribution in [3.05, 3.63) is 29.8 Å². The molecule has 1 N–H and O–H groups in total. The molecule has 1 aromatic rings. The topological polar surface area (TPSA) is 74.7 Å². The third-order valence-corrected chi connectivity index (χ3v) is 6.86. The number of benzene rings is 1. The minimum absolute atomic E-state index is 0.0455. The minimum Gasteiger partial charge on any atom is -0.396 e. The number of aliphatic hydroxyl groups is 1. The van der Waals surface area contributed by atoms with Gasteiger partial charge in [0.1, 0.15) is 5.75 Å². The fourth-order valence-electron chi connectivity index (χ4n) is 3.50. The predicted molar refractivity (Wildman–Crippen MR) is 84.7 cm³/mol. The van der Waals surface area contributed by atoms with Crippen LogP contribution in [-0.2, 0) is 14.6 Å². The van der Waals surface area contributed by atoms with E-state index in [-0.39, 0.29) is 23.7 Å². The zero-order valence-corrected chi connectivity index (χ0v) is 13.3. The molecule has 0 aromatic heterocycles. The van der Waals surface area contributed by atoms with E-state index in [1.165, 1.54) is 4.90 Å². The Morgan fingerprint density at radius 2 is 1.91 bits per heavy atom. The highest BCUT2D eigenvalue weighted by Crippen LogP contribution is 2.36. The molecule has 1 fully saturated rings. The van der Waals surface area contributed by atoms with Crippen LogP contribution in [0.15, 0.2) is 24.3 Å². The van der Waals surface area contributed by atoms with Gasteiger partial charge in [0.2, 0.25) is 5.91 Å². The molecule has 0 radical (unpaired) electrons. The van der Waals surface area contributed by atoms with E-state index in [1.54, 1.807) is 0 Å². The highest BCUT2D eigenvalue weighted by molar-refractivity contribution is 7.92. The summed E-state index contributed by atoms with van der Waals surface area (Å²) in [6.45, 7) is 0.311. The third kappa shape index (κ3) is 2.77. The first kappa shape index (κ1) is 15.5. The summed E-state index contributed by atoms with van der Waals surface area (Å²) in [6.07, 6.45) is 3.20. The molecule has 1 heterocycles. The van der Waals surface area contributed by atoms with Gasteiger partial charge in [-0.3, -0.25) is 4.79 Å². The number of fused-ring (bicyclic) bond motifs is 1. The number of hydrogen-bond acceptors (Lipinski definition) is 4. The van der Waals surface area contributed by atoms with E-state index in [0.717, 1.165) is 24.1 Å². The van der Waals surface area contributed by atoms with E-state index in [4.69, 9.17) is 0 Å². The van der Waals surface area contributed by atoms with E-state index in [1.807, 2.05) is 24.3 Å². The predicted octanol–water partition coefficient (Wildman–Crippen LogP) is 1.47. The van der Waals surface area contributed by atoms with Crippen LogP contribution in [0.2, 0.25) is 0 Å². The Kier molecular flexibility index (Phi) is 4.23. The van der Waals surface area contributed by atoms with Gasteiger partial charge in [0.25, 0.3) is 0 Å². The molecule has 2 aliphatic rings. The molecule has 1 aromatic carbocycles. The molecule has 1 atom stereocenters. The monoisotopic (exact) mass is 323 g/mol. The molecule has 5 nitrogen and oxygen atoms in total. The molecular formula is C16H21NO4S. The molecule has 22 heavy (non-hydrogen) atoms. The zero-order chi connectivity index (χ0) is 15.7. The fraction of sp³-hybridized carbons (Fsp3) is 0.562. The lowest BCUT2D eigenvalue weighted by atomic mass is 10.0. The van der Waals surface area contributed by atoms with E-state index < -0.39 is 15.6 Å². The highest BCUT2D eigenvalue weighted by atomic mass is 32.2. The number of aliphatic hydroxyl groups excluding tert-OH is 1. The molecular weight excluding hydrogens is 302 g/mol. The Balaban J connectivity index is 1.79. The largest absolute Gasteiger partial charge is 0.396 e. The van der Waals surface area contributed by atoms with Crippen molar-refractivity contribution in [2.75, 3.05) is 23.8 Å². The highest BCUT2D eigenvalue weighted by Gasteiger charge is 2.36. The van der Waals surface area contributed by atoms with Crippen LogP contribution in [0.5, 0.6) is 0 Å². The van der Waals surface area contributed by atoms with Gasteiger partial charge < -0.3 is 10.0 Å². The van der Waals surface area contributed by atoms with Gasteiger partial charge in [0.05, 0.1) is 11.9 Å². The molecule has 1 aliphatic carbocycles. The summed E-state index contributed by atoms with van der Waals surface area (Å²) in [6, 6.07) is 7.38. The Bertz CT molecular complexity index is 664. The van der Waals surface area contributed by atoms with Gasteiger partial charge in [-0.05, 0) is 24.5 Å². The Morgan fingerprint density at radius 1 is 1.23 bits per heavy atom. The lowest BCUT2D eigenvalue weighted by molar-refractivity contribution is -0.116. The number of hydrogen-bond donors (Lipinski definition) is 1. The van der Waals surface area contributed by atoms with Crippen LogP contribution in [0, 0.1) is 0 Å². The molecule has 1 unspecified atom stereocenters. The van der Waals surface area contributed by atoms with Crippen LogP contribution in [0.4, 0.5) is 5.69 Å². The van der Waals surface area contributed by atoms with E-state index >= 15 is 0 Å². The Hall–Kier alpha value is -1.40. The number of carbonyl (C=O) groups is 1. The van der Waals surface area contributed by atoms with Crippen molar-refractivity contribution < 1.29 is 18.3 Å². The molecule has 1 saturated carbocycles. The fourth-order valence-corrected chi connectivity index (χ4v) is 5.29. The zero-order valence-electron chi connectivity index (χ0n) is 12.4. The van der Waals surface area contributed by atoms with Crippen molar-refractivity contribution >= 4 is 21.4 Å². The number of amides is 1. The molecule has 0 bridgehead atoms.